The highest BCUT2D eigenvalue weighted by Crippen LogP contribution is 2.26. The van der Waals surface area contributed by atoms with Crippen molar-refractivity contribution in [3.05, 3.63) is 109 Å². The lowest BCUT2D eigenvalue weighted by molar-refractivity contribution is -0.138. The fourth-order valence-electron chi connectivity index (χ4n) is 4.23. The average Bonchev–Trinajstić information content (AvgIpc) is 3.15. The molecule has 0 fully saturated rings. The predicted octanol–water partition coefficient (Wildman–Crippen LogP) is 7.26. The molecule has 3 aromatic rings. The molecule has 14 nitrogen and oxygen atoms in total. The van der Waals surface area contributed by atoms with Crippen molar-refractivity contribution in [1.29, 1.82) is 0 Å². The highest BCUT2D eigenvalue weighted by Gasteiger charge is 2.15. The first-order valence-electron chi connectivity index (χ1n) is 16.6. The SMILES string of the molecule is C=CC(=O)OCCCCCOC(=O)Oc1ccc(C(=O)Oc2ccc(OC(=O)c3ccc(OC(=O)OCCCCCOC(=O)C=C)cc3)c(C)c2)cc1. The van der Waals surface area contributed by atoms with E-state index in [2.05, 4.69) is 13.2 Å². The van der Waals surface area contributed by atoms with Crippen molar-refractivity contribution < 1.29 is 66.7 Å². The van der Waals surface area contributed by atoms with Crippen molar-refractivity contribution in [2.75, 3.05) is 26.4 Å². The van der Waals surface area contributed by atoms with E-state index in [9.17, 15) is 28.8 Å². The summed E-state index contributed by atoms with van der Waals surface area (Å²) in [4.78, 5) is 71.3. The Kier molecular flexibility index (Phi) is 17.3. The van der Waals surface area contributed by atoms with Gasteiger partial charge in [0.1, 0.15) is 23.0 Å². The number of rotatable bonds is 20. The number of hydrogen-bond donors (Lipinski definition) is 0. The van der Waals surface area contributed by atoms with Crippen LogP contribution in [0.5, 0.6) is 23.0 Å². The zero-order chi connectivity index (χ0) is 38.4. The third kappa shape index (κ3) is 15.6. The minimum absolute atomic E-state index is 0.127. The van der Waals surface area contributed by atoms with Gasteiger partial charge in [-0.25, -0.2) is 28.8 Å². The second-order valence-corrected chi connectivity index (χ2v) is 11.0. The van der Waals surface area contributed by atoms with Gasteiger partial charge in [0.05, 0.1) is 37.6 Å². The lowest BCUT2D eigenvalue weighted by Gasteiger charge is -2.11. The van der Waals surface area contributed by atoms with Crippen molar-refractivity contribution in [1.82, 2.24) is 0 Å². The zero-order valence-corrected chi connectivity index (χ0v) is 29.2. The van der Waals surface area contributed by atoms with E-state index in [0.717, 1.165) is 12.2 Å². The molecule has 3 aromatic carbocycles. The molecule has 0 radical (unpaired) electrons. The molecule has 0 aliphatic heterocycles. The first-order chi connectivity index (χ1) is 25.6. The maximum Gasteiger partial charge on any atom is 0.513 e. The summed E-state index contributed by atoms with van der Waals surface area (Å²) in [5.41, 5.74) is 0.902. The van der Waals surface area contributed by atoms with Crippen LogP contribution in [0.3, 0.4) is 0 Å². The number of benzene rings is 3. The third-order valence-corrected chi connectivity index (χ3v) is 6.98. The Bertz CT molecular complexity index is 1730. The monoisotopic (exact) mass is 732 g/mol. The summed E-state index contributed by atoms with van der Waals surface area (Å²) in [6.45, 7) is 9.06. The van der Waals surface area contributed by atoms with Crippen LogP contribution in [0.2, 0.25) is 0 Å². The van der Waals surface area contributed by atoms with Crippen LogP contribution < -0.4 is 18.9 Å². The molecule has 0 heterocycles. The molecule has 280 valence electrons. The molecule has 0 bridgehead atoms. The summed E-state index contributed by atoms with van der Waals surface area (Å²) in [5, 5.41) is 0. The average molecular weight is 733 g/mol. The van der Waals surface area contributed by atoms with Gasteiger partial charge in [-0.1, -0.05) is 13.2 Å². The first-order valence-corrected chi connectivity index (χ1v) is 16.6. The van der Waals surface area contributed by atoms with Crippen LogP contribution in [0.25, 0.3) is 0 Å². The van der Waals surface area contributed by atoms with Gasteiger partial charge in [-0.05, 0) is 118 Å². The summed E-state index contributed by atoms with van der Waals surface area (Å²) >= 11 is 0. The van der Waals surface area contributed by atoms with Crippen LogP contribution in [0.1, 0.15) is 64.8 Å². The number of esters is 4. The molecule has 0 aliphatic rings. The van der Waals surface area contributed by atoms with Crippen molar-refractivity contribution in [3.63, 3.8) is 0 Å². The first kappa shape index (κ1) is 41.0. The summed E-state index contributed by atoms with van der Waals surface area (Å²) in [5.74, 6) is -1.53. The molecule has 0 amide bonds. The van der Waals surface area contributed by atoms with Crippen LogP contribution in [-0.4, -0.2) is 62.6 Å². The molecule has 0 atom stereocenters. The van der Waals surface area contributed by atoms with E-state index in [1.807, 2.05) is 0 Å². The number of carbonyl (C=O) groups is 6. The fourth-order valence-corrected chi connectivity index (χ4v) is 4.23. The van der Waals surface area contributed by atoms with E-state index in [1.54, 1.807) is 6.92 Å². The van der Waals surface area contributed by atoms with Crippen LogP contribution in [-0.2, 0) is 28.5 Å². The summed E-state index contributed by atoms with van der Waals surface area (Å²) in [7, 11) is 0. The summed E-state index contributed by atoms with van der Waals surface area (Å²) in [6.07, 6.45) is 4.09. The molecule has 0 saturated carbocycles. The number of aryl methyl sites for hydroxylation is 1. The Morgan fingerprint density at radius 1 is 0.491 bits per heavy atom. The van der Waals surface area contributed by atoms with Crippen molar-refractivity contribution in [2.24, 2.45) is 0 Å². The van der Waals surface area contributed by atoms with Crippen molar-refractivity contribution in [2.45, 2.75) is 45.4 Å². The van der Waals surface area contributed by atoms with E-state index in [0.29, 0.717) is 44.1 Å². The van der Waals surface area contributed by atoms with Crippen LogP contribution in [0.4, 0.5) is 9.59 Å². The highest BCUT2D eigenvalue weighted by atomic mass is 16.7. The standard InChI is InChI=1S/C39H40O14/c1-4-34(40)46-22-8-6-10-24-48-38(44)51-30-16-12-28(13-17-30)36(42)50-32-20-21-33(27(3)26-32)53-37(43)29-14-18-31(19-15-29)52-39(45)49-25-11-7-9-23-47-35(41)5-2/h4-5,12-21,26H,1-2,6-11,22-25H2,3H3. The third-order valence-electron chi connectivity index (χ3n) is 6.98. The Hall–Kier alpha value is -6.44. The van der Waals surface area contributed by atoms with Gasteiger partial charge in [-0.3, -0.25) is 0 Å². The van der Waals surface area contributed by atoms with Gasteiger partial charge in [0.2, 0.25) is 0 Å². The van der Waals surface area contributed by atoms with Crippen molar-refractivity contribution >= 4 is 36.2 Å². The van der Waals surface area contributed by atoms with Gasteiger partial charge in [0.15, 0.2) is 0 Å². The van der Waals surface area contributed by atoms with Gasteiger partial charge in [-0.2, -0.15) is 0 Å². The number of carbonyl (C=O) groups excluding carboxylic acids is 6. The van der Waals surface area contributed by atoms with Gasteiger partial charge < -0.3 is 37.9 Å². The molecule has 0 saturated heterocycles. The molecule has 0 N–H and O–H groups in total. The van der Waals surface area contributed by atoms with Crippen LogP contribution in [0.15, 0.2) is 92.0 Å². The van der Waals surface area contributed by atoms with Crippen molar-refractivity contribution in [3.8, 4) is 23.0 Å². The lowest BCUT2D eigenvalue weighted by atomic mass is 10.2. The number of unbranched alkanes of at least 4 members (excludes halogenated alkanes) is 4. The highest BCUT2D eigenvalue weighted by molar-refractivity contribution is 5.92. The largest absolute Gasteiger partial charge is 0.513 e. The van der Waals surface area contributed by atoms with E-state index in [4.69, 9.17) is 37.9 Å². The van der Waals surface area contributed by atoms with E-state index < -0.39 is 36.2 Å². The van der Waals surface area contributed by atoms with E-state index in [-0.39, 0.29) is 60.6 Å². The summed E-state index contributed by atoms with van der Waals surface area (Å²) in [6, 6.07) is 15.9. The number of hydrogen-bond acceptors (Lipinski definition) is 14. The molecular weight excluding hydrogens is 692 g/mol. The minimum Gasteiger partial charge on any atom is -0.463 e. The lowest BCUT2D eigenvalue weighted by Crippen LogP contribution is -2.13. The second-order valence-electron chi connectivity index (χ2n) is 11.0. The molecule has 3 rings (SSSR count). The zero-order valence-electron chi connectivity index (χ0n) is 29.2. The molecule has 0 aromatic heterocycles. The fraction of sp³-hybridized carbons (Fsp3) is 0.282. The normalized spacial score (nSPS) is 10.2. The smallest absolute Gasteiger partial charge is 0.463 e. The second kappa shape index (κ2) is 22.4. The van der Waals surface area contributed by atoms with E-state index in [1.165, 1.54) is 66.7 Å². The summed E-state index contributed by atoms with van der Waals surface area (Å²) < 4.78 is 41.0. The van der Waals surface area contributed by atoms with Gasteiger partial charge in [0.25, 0.3) is 0 Å². The molecule has 14 heteroatoms. The minimum atomic E-state index is -0.898. The maximum atomic E-state index is 12.7. The van der Waals surface area contributed by atoms with Gasteiger partial charge >= 0.3 is 36.2 Å². The Morgan fingerprint density at radius 3 is 1.30 bits per heavy atom. The molecule has 0 aliphatic carbocycles. The number of ether oxygens (including phenoxy) is 8. The Balaban J connectivity index is 1.37. The molecular formula is C39H40O14. The maximum absolute atomic E-state index is 12.7. The van der Waals surface area contributed by atoms with Crippen LogP contribution >= 0.6 is 0 Å². The quantitative estimate of drug-likeness (QED) is 0.0283. The molecule has 0 unspecified atom stereocenters. The Labute approximate surface area is 306 Å². The molecule has 0 spiro atoms. The molecule has 53 heavy (non-hydrogen) atoms. The topological polar surface area (TPSA) is 176 Å². The van der Waals surface area contributed by atoms with Gasteiger partial charge in [0, 0.05) is 12.2 Å². The van der Waals surface area contributed by atoms with Gasteiger partial charge in [-0.15, -0.1) is 0 Å². The van der Waals surface area contributed by atoms with E-state index >= 15 is 0 Å². The van der Waals surface area contributed by atoms with Crippen LogP contribution in [0, 0.1) is 6.92 Å². The predicted molar refractivity (Wildman–Crippen MR) is 188 cm³/mol. The Morgan fingerprint density at radius 2 is 0.887 bits per heavy atom.